The smallest absolute Gasteiger partial charge is 0.0982 e. The van der Waals surface area contributed by atoms with Gasteiger partial charge in [-0.3, -0.25) is 0 Å². The predicted molar refractivity (Wildman–Crippen MR) is 29.6 cm³/mol. The number of terminal acetylenes is 1. The van der Waals surface area contributed by atoms with E-state index in [0.717, 1.165) is 0 Å². The standard InChI is InChI=1S/C6H8O/c1-3-5-6-7-4-2/h1,4H,2,5-6H2. The van der Waals surface area contributed by atoms with E-state index in [1.165, 1.54) is 6.26 Å². The Balaban J connectivity index is 2.72. The lowest BCUT2D eigenvalue weighted by atomic mass is 10.5. The Bertz CT molecular complexity index is 78.7. The van der Waals surface area contributed by atoms with Crippen molar-refractivity contribution in [2.45, 2.75) is 6.42 Å². The molecule has 0 aliphatic heterocycles. The summed E-state index contributed by atoms with van der Waals surface area (Å²) in [6.07, 6.45) is 6.95. The first-order valence-corrected chi connectivity index (χ1v) is 2.07. The molecule has 0 saturated heterocycles. The van der Waals surface area contributed by atoms with Gasteiger partial charge in [-0.25, -0.2) is 0 Å². The van der Waals surface area contributed by atoms with E-state index in [0.29, 0.717) is 13.0 Å². The highest BCUT2D eigenvalue weighted by molar-refractivity contribution is 4.82. The van der Waals surface area contributed by atoms with Crippen LogP contribution < -0.4 is 0 Å². The topological polar surface area (TPSA) is 9.23 Å². The quantitative estimate of drug-likeness (QED) is 0.291. The van der Waals surface area contributed by atoms with Crippen LogP contribution in [0.1, 0.15) is 6.42 Å². The van der Waals surface area contributed by atoms with Crippen molar-refractivity contribution in [2.75, 3.05) is 6.61 Å². The Morgan fingerprint density at radius 3 is 3.00 bits per heavy atom. The second kappa shape index (κ2) is 5.10. The second-order valence-electron chi connectivity index (χ2n) is 0.992. The van der Waals surface area contributed by atoms with Crippen LogP contribution in [-0.2, 0) is 4.74 Å². The first-order valence-electron chi connectivity index (χ1n) is 2.07. The van der Waals surface area contributed by atoms with Gasteiger partial charge in [-0.2, -0.15) is 0 Å². The summed E-state index contributed by atoms with van der Waals surface area (Å²) >= 11 is 0. The molecule has 0 rings (SSSR count). The lowest BCUT2D eigenvalue weighted by molar-refractivity contribution is 0.259. The fourth-order valence-corrected chi connectivity index (χ4v) is 0.201. The SMILES string of the molecule is C#CCCOC=C. The maximum atomic E-state index is 4.90. The van der Waals surface area contributed by atoms with E-state index in [-0.39, 0.29) is 0 Å². The van der Waals surface area contributed by atoms with Crippen LogP contribution in [0.5, 0.6) is 0 Å². The zero-order valence-corrected chi connectivity index (χ0v) is 4.18. The summed E-state index contributed by atoms with van der Waals surface area (Å²) in [6, 6.07) is 0. The van der Waals surface area contributed by atoms with Gasteiger partial charge in [-0.15, -0.1) is 12.3 Å². The maximum absolute atomic E-state index is 4.90. The Morgan fingerprint density at radius 2 is 2.57 bits per heavy atom. The average Bonchev–Trinajstić information content (AvgIpc) is 1.69. The molecule has 0 N–H and O–H groups in total. The van der Waals surface area contributed by atoms with Crippen molar-refractivity contribution in [1.29, 1.82) is 0 Å². The van der Waals surface area contributed by atoms with Gasteiger partial charge in [0.25, 0.3) is 0 Å². The molecule has 0 amide bonds. The molecule has 7 heavy (non-hydrogen) atoms. The third-order valence-electron chi connectivity index (χ3n) is 0.482. The molecule has 0 aliphatic rings. The summed E-state index contributed by atoms with van der Waals surface area (Å²) in [4.78, 5) is 0. The van der Waals surface area contributed by atoms with Crippen molar-refractivity contribution < 1.29 is 4.74 Å². The Morgan fingerprint density at radius 1 is 1.86 bits per heavy atom. The van der Waals surface area contributed by atoms with Crippen LogP contribution in [0.4, 0.5) is 0 Å². The van der Waals surface area contributed by atoms with Crippen LogP contribution in [0.25, 0.3) is 0 Å². The molecule has 0 saturated carbocycles. The largest absolute Gasteiger partial charge is 0.501 e. The number of ether oxygens (including phenoxy) is 1. The second-order valence-corrected chi connectivity index (χ2v) is 0.992. The van der Waals surface area contributed by atoms with E-state index < -0.39 is 0 Å². The lowest BCUT2D eigenvalue weighted by Gasteiger charge is -1.90. The zero-order valence-electron chi connectivity index (χ0n) is 4.18. The zero-order chi connectivity index (χ0) is 5.54. The fourth-order valence-electron chi connectivity index (χ4n) is 0.201. The highest BCUT2D eigenvalue weighted by Gasteiger charge is 1.72. The molecule has 0 unspecified atom stereocenters. The number of rotatable bonds is 3. The Hall–Kier alpha value is -0.900. The van der Waals surface area contributed by atoms with Gasteiger partial charge < -0.3 is 4.74 Å². The molecule has 0 heterocycles. The van der Waals surface area contributed by atoms with E-state index in [9.17, 15) is 0 Å². The summed E-state index contributed by atoms with van der Waals surface area (Å²) < 4.78 is 4.70. The molecule has 0 aromatic rings. The van der Waals surface area contributed by atoms with Crippen LogP contribution in [0, 0.1) is 12.3 Å². The Kier molecular flexibility index (Phi) is 4.44. The van der Waals surface area contributed by atoms with Crippen molar-refractivity contribution in [1.82, 2.24) is 0 Å². The minimum Gasteiger partial charge on any atom is -0.501 e. The first kappa shape index (κ1) is 6.10. The fraction of sp³-hybridized carbons (Fsp3) is 0.333. The molecule has 0 atom stereocenters. The van der Waals surface area contributed by atoms with Gasteiger partial charge in [-0.1, -0.05) is 6.58 Å². The molecule has 0 radical (unpaired) electrons. The predicted octanol–water partition coefficient (Wildman–Crippen LogP) is 1.17. The molecule has 0 fully saturated rings. The average molecular weight is 96.1 g/mol. The first-order chi connectivity index (χ1) is 3.41. The summed E-state index contributed by atoms with van der Waals surface area (Å²) in [7, 11) is 0. The van der Waals surface area contributed by atoms with Crippen molar-refractivity contribution in [3.8, 4) is 12.3 Å². The molecule has 38 valence electrons. The lowest BCUT2D eigenvalue weighted by Crippen LogP contribution is -1.81. The summed E-state index contributed by atoms with van der Waals surface area (Å²) in [5.74, 6) is 2.43. The molecular formula is C6H8O. The van der Waals surface area contributed by atoms with Crippen LogP contribution >= 0.6 is 0 Å². The number of hydrogen-bond donors (Lipinski definition) is 0. The third kappa shape index (κ3) is 5.10. The van der Waals surface area contributed by atoms with Gasteiger partial charge in [0.15, 0.2) is 0 Å². The minimum absolute atomic E-state index is 0.583. The van der Waals surface area contributed by atoms with Crippen LogP contribution in [0.2, 0.25) is 0 Å². The van der Waals surface area contributed by atoms with E-state index in [2.05, 4.69) is 12.5 Å². The van der Waals surface area contributed by atoms with Gasteiger partial charge in [-0.05, 0) is 0 Å². The van der Waals surface area contributed by atoms with Gasteiger partial charge in [0, 0.05) is 6.42 Å². The van der Waals surface area contributed by atoms with E-state index >= 15 is 0 Å². The minimum atomic E-state index is 0.583. The van der Waals surface area contributed by atoms with E-state index in [1.807, 2.05) is 0 Å². The summed E-state index contributed by atoms with van der Waals surface area (Å²) in [5.41, 5.74) is 0. The summed E-state index contributed by atoms with van der Waals surface area (Å²) in [5, 5.41) is 0. The highest BCUT2D eigenvalue weighted by Crippen LogP contribution is 1.76. The highest BCUT2D eigenvalue weighted by atomic mass is 16.5. The van der Waals surface area contributed by atoms with E-state index in [4.69, 9.17) is 11.2 Å². The van der Waals surface area contributed by atoms with Crippen molar-refractivity contribution in [3.05, 3.63) is 12.8 Å². The van der Waals surface area contributed by atoms with Crippen LogP contribution in [0.15, 0.2) is 12.8 Å². The molecule has 1 heteroatoms. The molecule has 0 aromatic carbocycles. The molecule has 0 spiro atoms. The van der Waals surface area contributed by atoms with Gasteiger partial charge in [0.05, 0.1) is 12.9 Å². The number of hydrogen-bond acceptors (Lipinski definition) is 1. The molecule has 0 aromatic heterocycles. The van der Waals surface area contributed by atoms with Gasteiger partial charge in [0.2, 0.25) is 0 Å². The molecule has 0 bridgehead atoms. The van der Waals surface area contributed by atoms with Crippen molar-refractivity contribution >= 4 is 0 Å². The Labute approximate surface area is 44.0 Å². The normalized spacial score (nSPS) is 6.71. The van der Waals surface area contributed by atoms with Gasteiger partial charge in [0.1, 0.15) is 0 Å². The van der Waals surface area contributed by atoms with Crippen molar-refractivity contribution in [2.24, 2.45) is 0 Å². The molecule has 1 nitrogen and oxygen atoms in total. The van der Waals surface area contributed by atoms with Gasteiger partial charge >= 0.3 is 0 Å². The monoisotopic (exact) mass is 96.1 g/mol. The third-order valence-corrected chi connectivity index (χ3v) is 0.482. The van der Waals surface area contributed by atoms with Crippen molar-refractivity contribution in [3.63, 3.8) is 0 Å². The summed E-state index contributed by atoms with van der Waals surface area (Å²) in [6.45, 7) is 3.93. The maximum Gasteiger partial charge on any atom is 0.0982 e. The molecule has 0 aliphatic carbocycles. The molecular weight excluding hydrogens is 88.1 g/mol. The van der Waals surface area contributed by atoms with Crippen LogP contribution in [-0.4, -0.2) is 6.61 Å². The van der Waals surface area contributed by atoms with E-state index in [1.54, 1.807) is 0 Å². The van der Waals surface area contributed by atoms with Crippen LogP contribution in [0.3, 0.4) is 0 Å².